The zero-order valence-corrected chi connectivity index (χ0v) is 14.0. The molecule has 2 fully saturated rings. The molecular formula is C17H25N3O3. The van der Waals surface area contributed by atoms with Gasteiger partial charge in [0.1, 0.15) is 5.76 Å². The lowest BCUT2D eigenvalue weighted by atomic mass is 9.96. The van der Waals surface area contributed by atoms with Crippen LogP contribution in [0.5, 0.6) is 0 Å². The van der Waals surface area contributed by atoms with Gasteiger partial charge in [0.05, 0.1) is 0 Å². The van der Waals surface area contributed by atoms with E-state index in [0.29, 0.717) is 23.8 Å². The van der Waals surface area contributed by atoms with Crippen molar-refractivity contribution in [3.8, 4) is 0 Å². The third-order valence-electron chi connectivity index (χ3n) is 4.91. The highest BCUT2D eigenvalue weighted by Gasteiger charge is 2.30. The molecule has 0 radical (unpaired) electrons. The SMILES string of the molecule is CCC(=O)N1CCC(c2nc(C(=O)N3CCCC3)c(C)o2)CC1. The fraction of sp³-hybridized carbons (Fsp3) is 0.706. The molecule has 3 rings (SSSR count). The van der Waals surface area contributed by atoms with Crippen LogP contribution < -0.4 is 0 Å². The third kappa shape index (κ3) is 3.26. The van der Waals surface area contributed by atoms with Gasteiger partial charge >= 0.3 is 0 Å². The minimum atomic E-state index is -0.00593. The fourth-order valence-electron chi connectivity index (χ4n) is 3.46. The highest BCUT2D eigenvalue weighted by molar-refractivity contribution is 5.93. The number of piperidine rings is 1. The summed E-state index contributed by atoms with van der Waals surface area (Å²) in [5.41, 5.74) is 0.467. The molecule has 2 amide bonds. The Kier molecular flexibility index (Phi) is 4.68. The Labute approximate surface area is 136 Å². The van der Waals surface area contributed by atoms with E-state index in [9.17, 15) is 9.59 Å². The van der Waals surface area contributed by atoms with Crippen LogP contribution in [0.1, 0.15) is 67.1 Å². The van der Waals surface area contributed by atoms with Crippen LogP contribution in [-0.2, 0) is 4.79 Å². The van der Waals surface area contributed by atoms with Gasteiger partial charge in [-0.25, -0.2) is 4.98 Å². The minimum absolute atomic E-state index is 0.00593. The van der Waals surface area contributed by atoms with Gasteiger partial charge in [0, 0.05) is 38.5 Å². The largest absolute Gasteiger partial charge is 0.445 e. The lowest BCUT2D eigenvalue weighted by Gasteiger charge is -2.30. The molecule has 0 aliphatic carbocycles. The molecule has 0 aromatic carbocycles. The zero-order chi connectivity index (χ0) is 16.4. The van der Waals surface area contributed by atoms with Crippen molar-refractivity contribution in [1.82, 2.24) is 14.8 Å². The first-order valence-electron chi connectivity index (χ1n) is 8.64. The van der Waals surface area contributed by atoms with Gasteiger partial charge in [0.15, 0.2) is 11.6 Å². The molecule has 23 heavy (non-hydrogen) atoms. The lowest BCUT2D eigenvalue weighted by molar-refractivity contribution is -0.131. The molecule has 3 heterocycles. The quantitative estimate of drug-likeness (QED) is 0.857. The Morgan fingerprint density at radius 3 is 2.39 bits per heavy atom. The smallest absolute Gasteiger partial charge is 0.276 e. The minimum Gasteiger partial charge on any atom is -0.445 e. The number of aromatic nitrogens is 1. The molecular weight excluding hydrogens is 294 g/mol. The fourth-order valence-corrected chi connectivity index (χ4v) is 3.46. The van der Waals surface area contributed by atoms with Crippen molar-refractivity contribution in [3.63, 3.8) is 0 Å². The van der Waals surface area contributed by atoms with Gasteiger partial charge in [-0.15, -0.1) is 0 Å². The first kappa shape index (κ1) is 16.0. The van der Waals surface area contributed by atoms with Crippen molar-refractivity contribution in [2.24, 2.45) is 0 Å². The van der Waals surface area contributed by atoms with Crippen LogP contribution in [0, 0.1) is 6.92 Å². The van der Waals surface area contributed by atoms with Crippen molar-refractivity contribution in [2.75, 3.05) is 26.2 Å². The van der Waals surface area contributed by atoms with Crippen LogP contribution >= 0.6 is 0 Å². The number of carbonyl (C=O) groups excluding carboxylic acids is 2. The van der Waals surface area contributed by atoms with Gasteiger partial charge < -0.3 is 14.2 Å². The summed E-state index contributed by atoms with van der Waals surface area (Å²) in [7, 11) is 0. The lowest BCUT2D eigenvalue weighted by Crippen LogP contribution is -2.37. The standard InChI is InChI=1S/C17H25N3O3/c1-3-14(21)19-10-6-13(7-11-19)16-18-15(12(2)23-16)17(22)20-8-4-5-9-20/h13H,3-11H2,1-2H3. The summed E-state index contributed by atoms with van der Waals surface area (Å²) in [6.45, 7) is 6.83. The van der Waals surface area contributed by atoms with Gasteiger partial charge in [-0.05, 0) is 32.6 Å². The van der Waals surface area contributed by atoms with Crippen molar-refractivity contribution >= 4 is 11.8 Å². The second kappa shape index (κ2) is 6.72. The van der Waals surface area contributed by atoms with Gasteiger partial charge in [-0.2, -0.15) is 0 Å². The number of amides is 2. The van der Waals surface area contributed by atoms with Crippen LogP contribution in [0.15, 0.2) is 4.42 Å². The number of hydrogen-bond acceptors (Lipinski definition) is 4. The number of nitrogens with zero attached hydrogens (tertiary/aromatic N) is 3. The van der Waals surface area contributed by atoms with E-state index in [-0.39, 0.29) is 17.7 Å². The number of aryl methyl sites for hydroxylation is 1. The monoisotopic (exact) mass is 319 g/mol. The van der Waals surface area contributed by atoms with Crippen molar-refractivity contribution in [1.29, 1.82) is 0 Å². The molecule has 1 aromatic rings. The summed E-state index contributed by atoms with van der Waals surface area (Å²) >= 11 is 0. The summed E-state index contributed by atoms with van der Waals surface area (Å²) < 4.78 is 5.79. The summed E-state index contributed by atoms with van der Waals surface area (Å²) in [6, 6.07) is 0. The van der Waals surface area contributed by atoms with Crippen LogP contribution in [-0.4, -0.2) is 52.8 Å². The normalized spacial score (nSPS) is 19.4. The molecule has 2 aliphatic heterocycles. The Bertz CT molecular complexity index is 582. The molecule has 0 N–H and O–H groups in total. The molecule has 126 valence electrons. The average molecular weight is 319 g/mol. The topological polar surface area (TPSA) is 66.7 Å². The Morgan fingerprint density at radius 2 is 1.78 bits per heavy atom. The van der Waals surface area contributed by atoms with Gasteiger partial charge in [0.2, 0.25) is 5.91 Å². The molecule has 1 aromatic heterocycles. The summed E-state index contributed by atoms with van der Waals surface area (Å²) in [5.74, 6) is 1.68. The van der Waals surface area contributed by atoms with E-state index in [2.05, 4.69) is 4.98 Å². The van der Waals surface area contributed by atoms with E-state index >= 15 is 0 Å². The second-order valence-corrected chi connectivity index (χ2v) is 6.46. The van der Waals surface area contributed by atoms with Gasteiger partial charge in [-0.1, -0.05) is 6.92 Å². The van der Waals surface area contributed by atoms with Crippen LogP contribution in [0.2, 0.25) is 0 Å². The molecule has 0 spiro atoms. The van der Waals surface area contributed by atoms with Crippen molar-refractivity contribution in [3.05, 3.63) is 17.3 Å². The number of rotatable bonds is 3. The van der Waals surface area contributed by atoms with Crippen LogP contribution in [0.25, 0.3) is 0 Å². The van der Waals surface area contributed by atoms with Crippen LogP contribution in [0.3, 0.4) is 0 Å². The molecule has 0 atom stereocenters. The van der Waals surface area contributed by atoms with E-state index < -0.39 is 0 Å². The maximum atomic E-state index is 12.5. The summed E-state index contributed by atoms with van der Waals surface area (Å²) in [6.07, 6.45) is 4.39. The molecule has 0 saturated carbocycles. The first-order chi connectivity index (χ1) is 11.1. The van der Waals surface area contributed by atoms with Gasteiger partial charge in [-0.3, -0.25) is 9.59 Å². The van der Waals surface area contributed by atoms with E-state index in [1.165, 1.54) is 0 Å². The maximum Gasteiger partial charge on any atom is 0.276 e. The molecule has 6 heteroatoms. The maximum absolute atomic E-state index is 12.5. The highest BCUT2D eigenvalue weighted by atomic mass is 16.4. The highest BCUT2D eigenvalue weighted by Crippen LogP contribution is 2.29. The molecule has 6 nitrogen and oxygen atoms in total. The Hall–Kier alpha value is -1.85. The van der Waals surface area contributed by atoms with E-state index in [1.54, 1.807) is 0 Å². The first-order valence-corrected chi connectivity index (χ1v) is 8.64. The second-order valence-electron chi connectivity index (χ2n) is 6.46. The summed E-state index contributed by atoms with van der Waals surface area (Å²) in [5, 5.41) is 0. The molecule has 2 saturated heterocycles. The number of carbonyl (C=O) groups is 2. The molecule has 0 bridgehead atoms. The molecule has 2 aliphatic rings. The number of likely N-dealkylation sites (tertiary alicyclic amines) is 2. The zero-order valence-electron chi connectivity index (χ0n) is 14.0. The predicted molar refractivity (Wildman–Crippen MR) is 85.2 cm³/mol. The summed E-state index contributed by atoms with van der Waals surface area (Å²) in [4.78, 5) is 32.5. The van der Waals surface area contributed by atoms with E-state index in [0.717, 1.165) is 51.9 Å². The van der Waals surface area contributed by atoms with Crippen molar-refractivity contribution < 1.29 is 14.0 Å². The van der Waals surface area contributed by atoms with Crippen LogP contribution in [0.4, 0.5) is 0 Å². The Balaban J connectivity index is 1.67. The Morgan fingerprint density at radius 1 is 1.13 bits per heavy atom. The third-order valence-corrected chi connectivity index (χ3v) is 4.91. The average Bonchev–Trinajstić information content (AvgIpc) is 3.23. The van der Waals surface area contributed by atoms with E-state index in [4.69, 9.17) is 4.42 Å². The predicted octanol–water partition coefficient (Wildman–Crippen LogP) is 2.34. The van der Waals surface area contributed by atoms with Crippen molar-refractivity contribution in [2.45, 2.75) is 51.9 Å². The van der Waals surface area contributed by atoms with Gasteiger partial charge in [0.25, 0.3) is 5.91 Å². The number of oxazole rings is 1. The number of hydrogen-bond donors (Lipinski definition) is 0. The van der Waals surface area contributed by atoms with E-state index in [1.807, 2.05) is 23.6 Å². The molecule has 0 unspecified atom stereocenters.